The number of nitrogens with one attached hydrogen (secondary N) is 1. The first kappa shape index (κ1) is 27.3. The summed E-state index contributed by atoms with van der Waals surface area (Å²) < 4.78 is 11.1. The molecule has 1 aromatic rings. The molecule has 0 bridgehead atoms. The number of rotatable bonds is 8. The summed E-state index contributed by atoms with van der Waals surface area (Å²) in [5.41, 5.74) is 1.10. The zero-order valence-corrected chi connectivity index (χ0v) is 21.0. The van der Waals surface area contributed by atoms with Crippen molar-refractivity contribution in [3.8, 4) is 5.75 Å². The number of hydrogen-bond donors (Lipinski definition) is 2. The molecule has 0 aromatic heterocycles. The third-order valence-corrected chi connectivity index (χ3v) is 5.34. The summed E-state index contributed by atoms with van der Waals surface area (Å²) in [6.07, 6.45) is -2.37. The van der Waals surface area contributed by atoms with Crippen LogP contribution >= 0.6 is 23.2 Å². The lowest BCUT2D eigenvalue weighted by atomic mass is 9.95. The average molecular weight is 477 g/mol. The molecule has 1 rings (SSSR count). The second kappa shape index (κ2) is 11.2. The van der Waals surface area contributed by atoms with Crippen LogP contribution in [-0.4, -0.2) is 53.1 Å². The van der Waals surface area contributed by atoms with Gasteiger partial charge in [-0.25, -0.2) is 4.79 Å². The maximum absolute atomic E-state index is 12.2. The molecule has 31 heavy (non-hydrogen) atoms. The Morgan fingerprint density at radius 3 is 2.29 bits per heavy atom. The van der Waals surface area contributed by atoms with Crippen LogP contribution in [0.15, 0.2) is 6.07 Å². The first-order valence-electron chi connectivity index (χ1n) is 10.1. The first-order chi connectivity index (χ1) is 14.2. The van der Waals surface area contributed by atoms with Gasteiger partial charge in [-0.05, 0) is 60.1 Å². The average Bonchev–Trinajstić information content (AvgIpc) is 2.64. The normalized spacial score (nSPS) is 13.5. The van der Waals surface area contributed by atoms with Crippen LogP contribution in [0.3, 0.4) is 0 Å². The fourth-order valence-corrected chi connectivity index (χ4v) is 3.58. The number of amides is 2. The number of hydrogen-bond acceptors (Lipinski definition) is 5. The number of alkyl halides is 1. The van der Waals surface area contributed by atoms with E-state index in [1.54, 1.807) is 19.9 Å². The topological polar surface area (TPSA) is 88.1 Å². The molecule has 0 saturated heterocycles. The molecule has 2 N–H and O–H groups in total. The van der Waals surface area contributed by atoms with Gasteiger partial charge in [0.15, 0.2) is 0 Å². The Morgan fingerprint density at radius 2 is 1.84 bits per heavy atom. The Bertz CT molecular complexity index is 793. The molecule has 0 saturated carbocycles. The molecule has 2 unspecified atom stereocenters. The van der Waals surface area contributed by atoms with Crippen molar-refractivity contribution >= 4 is 35.2 Å². The summed E-state index contributed by atoms with van der Waals surface area (Å²) in [5.74, 6) is -0.118. The van der Waals surface area contributed by atoms with Gasteiger partial charge in [0.25, 0.3) is 0 Å². The molecular formula is C22H34Cl2N2O5. The molecule has 9 heteroatoms. The van der Waals surface area contributed by atoms with Crippen LogP contribution in [-0.2, 0) is 9.53 Å². The largest absolute Gasteiger partial charge is 0.496 e. The number of benzene rings is 1. The van der Waals surface area contributed by atoms with Crippen molar-refractivity contribution in [2.75, 3.05) is 19.5 Å². The Morgan fingerprint density at radius 1 is 1.26 bits per heavy atom. The summed E-state index contributed by atoms with van der Waals surface area (Å²) in [5, 5.41) is 14.2. The van der Waals surface area contributed by atoms with E-state index in [2.05, 4.69) is 5.32 Å². The second-order valence-corrected chi connectivity index (χ2v) is 9.41. The molecule has 0 aliphatic rings. The van der Waals surface area contributed by atoms with E-state index in [1.165, 1.54) is 12.0 Å². The zero-order valence-electron chi connectivity index (χ0n) is 19.5. The summed E-state index contributed by atoms with van der Waals surface area (Å²) in [4.78, 5) is 25.9. The summed E-state index contributed by atoms with van der Waals surface area (Å²) in [6, 6.07) is 1.50. The Balaban J connectivity index is 3.35. The van der Waals surface area contributed by atoms with Gasteiger partial charge in [0, 0.05) is 27.7 Å². The fourth-order valence-electron chi connectivity index (χ4n) is 3.21. The zero-order chi connectivity index (χ0) is 24.1. The Labute approximate surface area is 195 Å². The number of halogens is 2. The van der Waals surface area contributed by atoms with Gasteiger partial charge in [-0.15, -0.1) is 11.6 Å². The smallest absolute Gasteiger partial charge is 0.408 e. The molecule has 1 aromatic carbocycles. The van der Waals surface area contributed by atoms with Crippen LogP contribution in [0.1, 0.15) is 70.4 Å². The SMILES string of the molecule is COc1c(C(C)OC(=O)NC(C)(C)C)cc(Cl)c(C)c1C(O)CN(C(=O)CCl)C(C)C. The predicted molar refractivity (Wildman–Crippen MR) is 123 cm³/mol. The van der Waals surface area contributed by atoms with Crippen LogP contribution in [0.4, 0.5) is 4.79 Å². The number of carbonyl (C=O) groups is 2. The molecule has 7 nitrogen and oxygen atoms in total. The van der Waals surface area contributed by atoms with Crippen molar-refractivity contribution in [1.29, 1.82) is 0 Å². The highest BCUT2D eigenvalue weighted by Gasteiger charge is 2.29. The van der Waals surface area contributed by atoms with Gasteiger partial charge in [-0.2, -0.15) is 0 Å². The number of alkyl carbamates (subject to hydrolysis) is 1. The van der Waals surface area contributed by atoms with Crippen molar-refractivity contribution in [3.63, 3.8) is 0 Å². The minimum Gasteiger partial charge on any atom is -0.496 e. The molecule has 0 aliphatic carbocycles. The van der Waals surface area contributed by atoms with E-state index >= 15 is 0 Å². The van der Waals surface area contributed by atoms with E-state index in [1.807, 2.05) is 34.6 Å². The number of nitrogens with zero attached hydrogens (tertiary/aromatic N) is 1. The monoisotopic (exact) mass is 476 g/mol. The molecular weight excluding hydrogens is 443 g/mol. The number of methoxy groups -OCH3 is 1. The molecule has 2 atom stereocenters. The van der Waals surface area contributed by atoms with E-state index in [0.29, 0.717) is 27.5 Å². The Kier molecular flexibility index (Phi) is 9.92. The molecule has 176 valence electrons. The number of ether oxygens (including phenoxy) is 2. The van der Waals surface area contributed by atoms with Crippen molar-refractivity contribution in [1.82, 2.24) is 10.2 Å². The van der Waals surface area contributed by atoms with E-state index in [0.717, 1.165) is 0 Å². The highest BCUT2D eigenvalue weighted by molar-refractivity contribution is 6.31. The molecule has 0 radical (unpaired) electrons. The second-order valence-electron chi connectivity index (χ2n) is 8.73. The molecule has 0 fully saturated rings. The number of aliphatic hydroxyl groups is 1. The van der Waals surface area contributed by atoms with Crippen LogP contribution < -0.4 is 10.1 Å². The third kappa shape index (κ3) is 7.44. The van der Waals surface area contributed by atoms with Crippen molar-refractivity contribution in [2.24, 2.45) is 0 Å². The highest BCUT2D eigenvalue weighted by atomic mass is 35.5. The van der Waals surface area contributed by atoms with Crippen molar-refractivity contribution in [2.45, 2.75) is 72.3 Å². The van der Waals surface area contributed by atoms with E-state index < -0.39 is 23.8 Å². The van der Waals surface area contributed by atoms with Crippen LogP contribution in [0.5, 0.6) is 5.75 Å². The maximum Gasteiger partial charge on any atom is 0.408 e. The van der Waals surface area contributed by atoms with Gasteiger partial charge in [-0.1, -0.05) is 11.6 Å². The summed E-state index contributed by atoms with van der Waals surface area (Å²) >= 11 is 12.2. The summed E-state index contributed by atoms with van der Waals surface area (Å²) in [6.45, 7) is 12.7. The molecule has 0 heterocycles. The molecule has 2 amide bonds. The predicted octanol–water partition coefficient (Wildman–Crippen LogP) is 4.75. The summed E-state index contributed by atoms with van der Waals surface area (Å²) in [7, 11) is 1.47. The quantitative estimate of drug-likeness (QED) is 0.528. The standard InChI is InChI=1S/C22H34Cl2N2O5/c1-12(2)26(18(28)10-23)11-17(27)19-13(3)16(24)9-15(20(19)30-8)14(4)31-21(29)25-22(5,6)7/h9,12,14,17,27H,10-11H2,1-8H3,(H,25,29). The Hall–Kier alpha value is -1.70. The van der Waals surface area contributed by atoms with E-state index in [-0.39, 0.29) is 24.4 Å². The lowest BCUT2D eigenvalue weighted by Crippen LogP contribution is -2.41. The van der Waals surface area contributed by atoms with Gasteiger partial charge in [-0.3, -0.25) is 4.79 Å². The minimum absolute atomic E-state index is 0.0138. The lowest BCUT2D eigenvalue weighted by Gasteiger charge is -2.30. The highest BCUT2D eigenvalue weighted by Crippen LogP contribution is 2.40. The minimum atomic E-state index is -1.09. The van der Waals surface area contributed by atoms with Gasteiger partial charge < -0.3 is 24.8 Å². The van der Waals surface area contributed by atoms with Crippen molar-refractivity contribution < 1.29 is 24.2 Å². The van der Waals surface area contributed by atoms with Gasteiger partial charge in [0.2, 0.25) is 5.91 Å². The number of carbonyl (C=O) groups excluding carboxylic acids is 2. The third-order valence-electron chi connectivity index (χ3n) is 4.72. The van der Waals surface area contributed by atoms with Crippen LogP contribution in [0.2, 0.25) is 5.02 Å². The van der Waals surface area contributed by atoms with Crippen LogP contribution in [0, 0.1) is 6.92 Å². The van der Waals surface area contributed by atoms with Crippen molar-refractivity contribution in [3.05, 3.63) is 27.8 Å². The molecule has 0 aliphatic heterocycles. The van der Waals surface area contributed by atoms with E-state index in [9.17, 15) is 14.7 Å². The lowest BCUT2D eigenvalue weighted by molar-refractivity contribution is -0.131. The van der Waals surface area contributed by atoms with Crippen LogP contribution in [0.25, 0.3) is 0 Å². The number of aliphatic hydroxyl groups excluding tert-OH is 1. The molecule has 0 spiro atoms. The van der Waals surface area contributed by atoms with Gasteiger partial charge >= 0.3 is 6.09 Å². The van der Waals surface area contributed by atoms with E-state index in [4.69, 9.17) is 32.7 Å². The van der Waals surface area contributed by atoms with Gasteiger partial charge in [0.05, 0.1) is 13.7 Å². The van der Waals surface area contributed by atoms with Gasteiger partial charge in [0.1, 0.15) is 23.8 Å². The fraction of sp³-hybridized carbons (Fsp3) is 0.636. The first-order valence-corrected chi connectivity index (χ1v) is 11.0. The maximum atomic E-state index is 12.2.